The lowest BCUT2D eigenvalue weighted by Crippen LogP contribution is -2.38. The van der Waals surface area contributed by atoms with Crippen LogP contribution in [0.25, 0.3) is 10.9 Å². The maximum atomic E-state index is 13.3. The molecule has 190 valence electrons. The fourth-order valence-corrected chi connectivity index (χ4v) is 4.89. The summed E-state index contributed by atoms with van der Waals surface area (Å²) in [5.41, 5.74) is 4.62. The van der Waals surface area contributed by atoms with Crippen molar-refractivity contribution in [2.75, 3.05) is 0 Å². The zero-order valence-electron chi connectivity index (χ0n) is 22.4. The first-order valence-electron chi connectivity index (χ1n) is 12.7. The first-order valence-corrected chi connectivity index (χ1v) is 12.7. The van der Waals surface area contributed by atoms with E-state index in [0.717, 1.165) is 39.8 Å². The third kappa shape index (κ3) is 5.23. The molecule has 1 atom stereocenters. The van der Waals surface area contributed by atoms with Gasteiger partial charge in [0.15, 0.2) is 5.82 Å². The van der Waals surface area contributed by atoms with Gasteiger partial charge in [-0.05, 0) is 85.2 Å². The van der Waals surface area contributed by atoms with Crippen LogP contribution in [0.2, 0.25) is 0 Å². The molecule has 0 fully saturated rings. The molecule has 0 saturated heterocycles. The Balaban J connectivity index is 1.83. The van der Waals surface area contributed by atoms with Crippen molar-refractivity contribution in [1.29, 1.82) is 0 Å². The fourth-order valence-electron chi connectivity index (χ4n) is 4.89. The lowest BCUT2D eigenvalue weighted by atomic mass is 9.97. The van der Waals surface area contributed by atoms with Crippen LogP contribution in [0.1, 0.15) is 75.2 Å². The van der Waals surface area contributed by atoms with Gasteiger partial charge in [0.2, 0.25) is 0 Å². The van der Waals surface area contributed by atoms with Gasteiger partial charge in [0.25, 0.3) is 5.56 Å². The van der Waals surface area contributed by atoms with Crippen molar-refractivity contribution in [3.63, 3.8) is 0 Å². The topological polar surface area (TPSA) is 92.6 Å². The monoisotopic (exact) mass is 487 g/mol. The smallest absolute Gasteiger partial charge is 0.252 e. The molecule has 0 amide bonds. The Labute approximate surface area is 212 Å². The van der Waals surface area contributed by atoms with Gasteiger partial charge in [-0.15, -0.1) is 5.10 Å². The molecule has 8 nitrogen and oxygen atoms in total. The van der Waals surface area contributed by atoms with E-state index in [0.29, 0.717) is 13.1 Å². The number of H-pyrrole nitrogens is 1. The zero-order valence-corrected chi connectivity index (χ0v) is 22.4. The van der Waals surface area contributed by atoms with Crippen LogP contribution in [0.4, 0.5) is 0 Å². The third-order valence-corrected chi connectivity index (χ3v) is 7.07. The van der Waals surface area contributed by atoms with Crippen LogP contribution in [0.15, 0.2) is 47.5 Å². The maximum absolute atomic E-state index is 13.3. The Morgan fingerprint density at radius 3 is 2.58 bits per heavy atom. The van der Waals surface area contributed by atoms with Crippen molar-refractivity contribution in [2.45, 2.75) is 79.6 Å². The molecule has 0 aliphatic carbocycles. The van der Waals surface area contributed by atoms with E-state index >= 15 is 0 Å². The lowest BCUT2D eigenvalue weighted by Gasteiger charge is -2.35. The highest BCUT2D eigenvalue weighted by molar-refractivity contribution is 5.82. The van der Waals surface area contributed by atoms with E-state index in [1.54, 1.807) is 6.20 Å². The number of aromatic amines is 1. The number of tetrazole rings is 1. The molecule has 36 heavy (non-hydrogen) atoms. The van der Waals surface area contributed by atoms with Gasteiger partial charge in [0.05, 0.1) is 17.1 Å². The maximum Gasteiger partial charge on any atom is 0.252 e. The Bertz CT molecular complexity index is 1390. The second kappa shape index (κ2) is 10.3. The van der Waals surface area contributed by atoms with E-state index in [9.17, 15) is 4.79 Å². The standard InChI is InChI=1S/C28H37N7O/c1-8-28(6,7)35-26(31-32-33-35)25(18(2)3)34(16-21-10-9-11-29-15-21)17-23-14-22-13-19(4)12-20(5)24(22)30-27(23)36/h9-15,18,25H,8,16-17H2,1-7H3,(H,30,36)/t25-/m1/s1. The van der Waals surface area contributed by atoms with E-state index in [4.69, 9.17) is 0 Å². The van der Waals surface area contributed by atoms with Crippen LogP contribution >= 0.6 is 0 Å². The average molecular weight is 488 g/mol. The molecule has 8 heteroatoms. The number of rotatable bonds is 9. The first kappa shape index (κ1) is 25.7. The van der Waals surface area contributed by atoms with Crippen molar-refractivity contribution in [1.82, 2.24) is 35.1 Å². The Morgan fingerprint density at radius 1 is 1.14 bits per heavy atom. The van der Waals surface area contributed by atoms with Crippen molar-refractivity contribution in [3.05, 3.63) is 81.2 Å². The number of benzene rings is 1. The summed E-state index contributed by atoms with van der Waals surface area (Å²) in [5, 5.41) is 14.0. The average Bonchev–Trinajstić information content (AvgIpc) is 3.31. The molecule has 4 rings (SSSR count). The zero-order chi connectivity index (χ0) is 26.0. The Hall–Kier alpha value is -3.39. The molecule has 0 aliphatic rings. The summed E-state index contributed by atoms with van der Waals surface area (Å²) in [7, 11) is 0. The normalized spacial score (nSPS) is 13.1. The van der Waals surface area contributed by atoms with E-state index in [1.807, 2.05) is 29.9 Å². The van der Waals surface area contributed by atoms with E-state index in [2.05, 4.69) is 90.1 Å². The molecule has 0 bridgehead atoms. The number of nitrogens with zero attached hydrogens (tertiary/aromatic N) is 6. The molecule has 1 N–H and O–H groups in total. The summed E-state index contributed by atoms with van der Waals surface area (Å²) >= 11 is 0. The highest BCUT2D eigenvalue weighted by Gasteiger charge is 2.34. The van der Waals surface area contributed by atoms with E-state index < -0.39 is 0 Å². The predicted molar refractivity (Wildman–Crippen MR) is 143 cm³/mol. The van der Waals surface area contributed by atoms with Gasteiger partial charge in [-0.2, -0.15) is 0 Å². The molecule has 1 aromatic carbocycles. The summed E-state index contributed by atoms with van der Waals surface area (Å²) in [5.74, 6) is 1.01. The Morgan fingerprint density at radius 2 is 1.92 bits per heavy atom. The highest BCUT2D eigenvalue weighted by atomic mass is 16.1. The summed E-state index contributed by atoms with van der Waals surface area (Å²) < 4.78 is 1.95. The van der Waals surface area contributed by atoms with Gasteiger partial charge in [-0.3, -0.25) is 14.7 Å². The summed E-state index contributed by atoms with van der Waals surface area (Å²) in [6.45, 7) is 16.0. The van der Waals surface area contributed by atoms with Crippen LogP contribution < -0.4 is 5.56 Å². The van der Waals surface area contributed by atoms with Gasteiger partial charge in [-0.25, -0.2) is 4.68 Å². The fraction of sp³-hybridized carbons (Fsp3) is 0.464. The van der Waals surface area contributed by atoms with Crippen LogP contribution in [-0.4, -0.2) is 35.1 Å². The molecule has 3 aromatic heterocycles. The number of pyridine rings is 2. The molecule has 0 spiro atoms. The highest BCUT2D eigenvalue weighted by Crippen LogP contribution is 2.33. The van der Waals surface area contributed by atoms with E-state index in [-0.39, 0.29) is 23.1 Å². The molecule has 4 aromatic rings. The number of fused-ring (bicyclic) bond motifs is 1. The van der Waals surface area contributed by atoms with Crippen LogP contribution in [0, 0.1) is 19.8 Å². The number of hydrogen-bond acceptors (Lipinski definition) is 6. The molecule has 0 unspecified atom stereocenters. The Kier molecular flexibility index (Phi) is 7.36. The second-order valence-electron chi connectivity index (χ2n) is 10.7. The first-order chi connectivity index (χ1) is 17.1. The molecular weight excluding hydrogens is 450 g/mol. The molecule has 3 heterocycles. The van der Waals surface area contributed by atoms with E-state index in [1.165, 1.54) is 5.56 Å². The van der Waals surface area contributed by atoms with Crippen LogP contribution in [-0.2, 0) is 18.6 Å². The third-order valence-electron chi connectivity index (χ3n) is 7.07. The lowest BCUT2D eigenvalue weighted by molar-refractivity contribution is 0.117. The molecular formula is C28H37N7O. The number of nitrogens with one attached hydrogen (secondary N) is 1. The predicted octanol–water partition coefficient (Wildman–Crippen LogP) is 5.07. The quantitative estimate of drug-likeness (QED) is 0.354. The number of hydrogen-bond donors (Lipinski definition) is 1. The second-order valence-corrected chi connectivity index (χ2v) is 10.7. The molecule has 0 aliphatic heterocycles. The van der Waals surface area contributed by atoms with Crippen LogP contribution in [0.5, 0.6) is 0 Å². The minimum atomic E-state index is -0.235. The van der Waals surface area contributed by atoms with Crippen LogP contribution in [0.3, 0.4) is 0 Å². The SMILES string of the molecule is CCC(C)(C)n1nnnc1[C@@H](C(C)C)N(Cc1cccnc1)Cc1cc2cc(C)cc(C)c2[nH]c1=O. The van der Waals surface area contributed by atoms with Gasteiger partial charge in [0, 0.05) is 31.0 Å². The number of aryl methyl sites for hydroxylation is 2. The molecule has 0 saturated carbocycles. The summed E-state index contributed by atoms with van der Waals surface area (Å²) in [6, 6.07) is 10.1. The van der Waals surface area contributed by atoms with Crippen molar-refractivity contribution < 1.29 is 0 Å². The minimum absolute atomic E-state index is 0.0679. The number of aromatic nitrogens is 6. The van der Waals surface area contributed by atoms with Gasteiger partial charge in [-0.1, -0.05) is 38.5 Å². The van der Waals surface area contributed by atoms with Gasteiger partial charge < -0.3 is 4.98 Å². The van der Waals surface area contributed by atoms with Crippen molar-refractivity contribution in [2.24, 2.45) is 5.92 Å². The summed E-state index contributed by atoms with van der Waals surface area (Å²) in [6.07, 6.45) is 4.54. The largest absolute Gasteiger partial charge is 0.321 e. The van der Waals surface area contributed by atoms with Crippen molar-refractivity contribution in [3.8, 4) is 0 Å². The minimum Gasteiger partial charge on any atom is -0.321 e. The molecule has 0 radical (unpaired) electrons. The summed E-state index contributed by atoms with van der Waals surface area (Å²) in [4.78, 5) is 23.0. The van der Waals surface area contributed by atoms with Gasteiger partial charge in [0.1, 0.15) is 0 Å². The van der Waals surface area contributed by atoms with Gasteiger partial charge >= 0.3 is 0 Å². The van der Waals surface area contributed by atoms with Crippen molar-refractivity contribution >= 4 is 10.9 Å².